The lowest BCUT2D eigenvalue weighted by molar-refractivity contribution is -0.128. The van der Waals surface area contributed by atoms with E-state index in [1.807, 2.05) is 13.8 Å². The van der Waals surface area contributed by atoms with Crippen molar-refractivity contribution in [1.29, 1.82) is 5.26 Å². The van der Waals surface area contributed by atoms with E-state index in [0.717, 1.165) is 0 Å². The van der Waals surface area contributed by atoms with Gasteiger partial charge in [0.1, 0.15) is 17.4 Å². The smallest absolute Gasteiger partial charge is 0.240 e. The number of hydrogen-bond acceptors (Lipinski definition) is 4. The van der Waals surface area contributed by atoms with Gasteiger partial charge in [0.05, 0.1) is 12.6 Å². The molecule has 0 radical (unpaired) electrons. The van der Waals surface area contributed by atoms with Gasteiger partial charge in [-0.15, -0.1) is 0 Å². The lowest BCUT2D eigenvalue weighted by Gasteiger charge is -2.21. The first-order chi connectivity index (χ1) is 7.68. The summed E-state index contributed by atoms with van der Waals surface area (Å²) in [6.07, 6.45) is 2.45. The van der Waals surface area contributed by atoms with Gasteiger partial charge in [0.15, 0.2) is 0 Å². The SMILES string of the molecule is CCC(C#N)(CC)C(=O)NCc1ccon1. The molecule has 1 aromatic rings. The van der Waals surface area contributed by atoms with Gasteiger partial charge in [-0.2, -0.15) is 5.26 Å². The Kier molecular flexibility index (Phi) is 4.06. The summed E-state index contributed by atoms with van der Waals surface area (Å²) in [6, 6.07) is 3.76. The predicted molar refractivity (Wildman–Crippen MR) is 57.0 cm³/mol. The van der Waals surface area contributed by atoms with Crippen LogP contribution in [-0.2, 0) is 11.3 Å². The van der Waals surface area contributed by atoms with Crippen LogP contribution in [0.3, 0.4) is 0 Å². The third-order valence-corrected chi connectivity index (χ3v) is 2.78. The highest BCUT2D eigenvalue weighted by atomic mass is 16.5. The third kappa shape index (κ3) is 2.40. The Morgan fingerprint density at radius 2 is 2.31 bits per heavy atom. The summed E-state index contributed by atoms with van der Waals surface area (Å²) in [6.45, 7) is 3.96. The largest absolute Gasteiger partial charge is 0.364 e. The van der Waals surface area contributed by atoms with Crippen molar-refractivity contribution in [2.45, 2.75) is 33.2 Å². The van der Waals surface area contributed by atoms with E-state index in [1.54, 1.807) is 6.07 Å². The molecule has 5 nitrogen and oxygen atoms in total. The van der Waals surface area contributed by atoms with Crippen LogP contribution in [0.1, 0.15) is 32.4 Å². The van der Waals surface area contributed by atoms with Crippen LogP contribution in [-0.4, -0.2) is 11.1 Å². The second kappa shape index (κ2) is 5.31. The van der Waals surface area contributed by atoms with Gasteiger partial charge in [-0.05, 0) is 12.8 Å². The number of nitrogens with zero attached hydrogens (tertiary/aromatic N) is 2. The molecule has 0 spiro atoms. The van der Waals surface area contributed by atoms with E-state index < -0.39 is 5.41 Å². The topological polar surface area (TPSA) is 78.9 Å². The van der Waals surface area contributed by atoms with Crippen molar-refractivity contribution in [3.05, 3.63) is 18.0 Å². The zero-order chi connectivity index (χ0) is 12.0. The van der Waals surface area contributed by atoms with Crippen LogP contribution in [0.2, 0.25) is 0 Å². The Morgan fingerprint density at radius 3 is 2.75 bits per heavy atom. The molecule has 1 heterocycles. The van der Waals surface area contributed by atoms with Crippen LogP contribution >= 0.6 is 0 Å². The molecule has 0 unspecified atom stereocenters. The Balaban J connectivity index is 2.61. The van der Waals surface area contributed by atoms with E-state index in [2.05, 4.69) is 21.1 Å². The fourth-order valence-electron chi connectivity index (χ4n) is 1.45. The van der Waals surface area contributed by atoms with E-state index in [-0.39, 0.29) is 5.91 Å². The van der Waals surface area contributed by atoms with Gasteiger partial charge in [-0.1, -0.05) is 19.0 Å². The molecule has 0 aliphatic rings. The quantitative estimate of drug-likeness (QED) is 0.819. The summed E-state index contributed by atoms with van der Waals surface area (Å²) in [5.41, 5.74) is -0.281. The van der Waals surface area contributed by atoms with Gasteiger partial charge >= 0.3 is 0 Å². The number of rotatable bonds is 5. The fourth-order valence-corrected chi connectivity index (χ4v) is 1.45. The molecule has 0 aliphatic carbocycles. The molecule has 1 rings (SSSR count). The van der Waals surface area contributed by atoms with Gasteiger partial charge in [-0.25, -0.2) is 0 Å². The number of nitriles is 1. The minimum atomic E-state index is -0.927. The normalized spacial score (nSPS) is 10.8. The first-order valence-electron chi connectivity index (χ1n) is 5.27. The van der Waals surface area contributed by atoms with E-state index >= 15 is 0 Å². The van der Waals surface area contributed by atoms with Crippen molar-refractivity contribution in [2.75, 3.05) is 0 Å². The number of carbonyl (C=O) groups is 1. The molecular weight excluding hydrogens is 206 g/mol. The molecule has 86 valence electrons. The first kappa shape index (κ1) is 12.2. The van der Waals surface area contributed by atoms with Gasteiger partial charge in [0.25, 0.3) is 0 Å². The van der Waals surface area contributed by atoms with Crippen LogP contribution in [0.15, 0.2) is 16.9 Å². The molecule has 0 aromatic carbocycles. The number of carbonyl (C=O) groups excluding carboxylic acids is 1. The van der Waals surface area contributed by atoms with E-state index in [0.29, 0.717) is 25.1 Å². The Bertz CT molecular complexity index is 374. The second-order valence-corrected chi connectivity index (χ2v) is 3.57. The first-order valence-corrected chi connectivity index (χ1v) is 5.27. The molecule has 0 aliphatic heterocycles. The molecule has 1 aromatic heterocycles. The summed E-state index contributed by atoms with van der Waals surface area (Å²) in [4.78, 5) is 11.9. The molecule has 0 saturated heterocycles. The highest BCUT2D eigenvalue weighted by Crippen LogP contribution is 2.25. The standard InChI is InChI=1S/C11H15N3O2/c1-3-11(4-2,8-12)10(15)13-7-9-5-6-16-14-9/h5-6H,3-4,7H2,1-2H3,(H,13,15). The maximum atomic E-state index is 11.9. The third-order valence-electron chi connectivity index (χ3n) is 2.78. The van der Waals surface area contributed by atoms with Crippen molar-refractivity contribution in [3.63, 3.8) is 0 Å². The van der Waals surface area contributed by atoms with Crippen LogP contribution < -0.4 is 5.32 Å². The lowest BCUT2D eigenvalue weighted by Crippen LogP contribution is -2.39. The summed E-state index contributed by atoms with van der Waals surface area (Å²) in [5.74, 6) is -0.247. The fraction of sp³-hybridized carbons (Fsp3) is 0.545. The summed E-state index contributed by atoms with van der Waals surface area (Å²) in [7, 11) is 0. The predicted octanol–water partition coefficient (Wildman–Crippen LogP) is 1.62. The second-order valence-electron chi connectivity index (χ2n) is 3.57. The van der Waals surface area contributed by atoms with Gasteiger partial charge in [0, 0.05) is 6.07 Å². The van der Waals surface area contributed by atoms with Crippen molar-refractivity contribution in [2.24, 2.45) is 5.41 Å². The van der Waals surface area contributed by atoms with Gasteiger partial charge in [-0.3, -0.25) is 4.79 Å². The molecule has 0 bridgehead atoms. The summed E-state index contributed by atoms with van der Waals surface area (Å²) in [5, 5.41) is 15.4. The van der Waals surface area contributed by atoms with E-state index in [1.165, 1.54) is 6.26 Å². The number of aromatic nitrogens is 1. The number of hydrogen-bond donors (Lipinski definition) is 1. The van der Waals surface area contributed by atoms with E-state index in [4.69, 9.17) is 5.26 Å². The van der Waals surface area contributed by atoms with Crippen molar-refractivity contribution in [3.8, 4) is 6.07 Å². The summed E-state index contributed by atoms with van der Waals surface area (Å²) < 4.78 is 4.65. The molecule has 1 N–H and O–H groups in total. The Hall–Kier alpha value is -1.83. The zero-order valence-corrected chi connectivity index (χ0v) is 9.49. The molecule has 0 fully saturated rings. The average molecular weight is 221 g/mol. The molecule has 16 heavy (non-hydrogen) atoms. The maximum absolute atomic E-state index is 11.9. The monoisotopic (exact) mass is 221 g/mol. The highest BCUT2D eigenvalue weighted by molar-refractivity contribution is 5.85. The average Bonchev–Trinajstić information content (AvgIpc) is 2.82. The van der Waals surface area contributed by atoms with E-state index in [9.17, 15) is 4.79 Å². The maximum Gasteiger partial charge on any atom is 0.240 e. The van der Waals surface area contributed by atoms with Crippen molar-refractivity contribution < 1.29 is 9.32 Å². The van der Waals surface area contributed by atoms with Gasteiger partial charge < -0.3 is 9.84 Å². The van der Waals surface area contributed by atoms with Crippen LogP contribution in [0.25, 0.3) is 0 Å². The minimum absolute atomic E-state index is 0.247. The lowest BCUT2D eigenvalue weighted by atomic mass is 9.83. The van der Waals surface area contributed by atoms with Crippen molar-refractivity contribution in [1.82, 2.24) is 10.5 Å². The van der Waals surface area contributed by atoms with Crippen LogP contribution in [0.5, 0.6) is 0 Å². The van der Waals surface area contributed by atoms with Crippen molar-refractivity contribution >= 4 is 5.91 Å². The minimum Gasteiger partial charge on any atom is -0.364 e. The molecular formula is C11H15N3O2. The molecule has 0 atom stereocenters. The number of nitrogens with one attached hydrogen (secondary N) is 1. The molecule has 1 amide bonds. The zero-order valence-electron chi connectivity index (χ0n) is 9.49. The molecule has 0 saturated carbocycles. The Morgan fingerprint density at radius 1 is 1.62 bits per heavy atom. The van der Waals surface area contributed by atoms with Gasteiger partial charge in [0.2, 0.25) is 5.91 Å². The van der Waals surface area contributed by atoms with Crippen LogP contribution in [0.4, 0.5) is 0 Å². The van der Waals surface area contributed by atoms with Crippen LogP contribution in [0, 0.1) is 16.7 Å². The number of amides is 1. The molecule has 5 heteroatoms. The Labute approximate surface area is 94.4 Å². The summed E-state index contributed by atoms with van der Waals surface area (Å²) >= 11 is 0. The highest BCUT2D eigenvalue weighted by Gasteiger charge is 2.34.